The third-order valence-electron chi connectivity index (χ3n) is 6.41. The van der Waals surface area contributed by atoms with Crippen molar-refractivity contribution in [1.82, 2.24) is 0 Å². The molecular weight excluding hydrogens is 264 g/mol. The van der Waals surface area contributed by atoms with Gasteiger partial charge < -0.3 is 10.2 Å². The number of benzene rings is 1. The lowest BCUT2D eigenvalue weighted by Crippen LogP contribution is -2.45. The summed E-state index contributed by atoms with van der Waals surface area (Å²) >= 11 is 0. The molecule has 3 aliphatic rings. The van der Waals surface area contributed by atoms with Crippen LogP contribution in [0.5, 0.6) is 5.75 Å². The lowest BCUT2D eigenvalue weighted by atomic mass is 9.55. The lowest BCUT2D eigenvalue weighted by Gasteiger charge is -2.49. The average molecular weight is 286 g/mol. The van der Waals surface area contributed by atoms with E-state index >= 15 is 0 Å². The average Bonchev–Trinajstić information content (AvgIpc) is 2.68. The maximum Gasteiger partial charge on any atom is 0.141 e. The van der Waals surface area contributed by atoms with Crippen LogP contribution in [-0.4, -0.2) is 22.1 Å². The Morgan fingerprint density at radius 1 is 1.29 bits per heavy atom. The number of hydrogen-bond acceptors (Lipinski definition) is 3. The van der Waals surface area contributed by atoms with Crippen LogP contribution in [0.2, 0.25) is 0 Å². The molecule has 0 aromatic heterocycles. The monoisotopic (exact) mass is 286 g/mol. The second-order valence-corrected chi connectivity index (χ2v) is 7.37. The maximum atomic E-state index is 12.3. The highest BCUT2D eigenvalue weighted by atomic mass is 16.3. The molecule has 2 saturated carbocycles. The van der Waals surface area contributed by atoms with Gasteiger partial charge in [0.15, 0.2) is 0 Å². The van der Waals surface area contributed by atoms with Gasteiger partial charge in [-0.3, -0.25) is 4.79 Å². The number of aliphatic hydroxyl groups is 1. The van der Waals surface area contributed by atoms with Gasteiger partial charge in [0.2, 0.25) is 0 Å². The molecule has 0 heterocycles. The van der Waals surface area contributed by atoms with Crippen LogP contribution in [0.15, 0.2) is 18.2 Å². The fourth-order valence-electron chi connectivity index (χ4n) is 5.40. The van der Waals surface area contributed by atoms with Gasteiger partial charge in [0, 0.05) is 17.8 Å². The van der Waals surface area contributed by atoms with Gasteiger partial charge in [-0.25, -0.2) is 0 Å². The van der Waals surface area contributed by atoms with Crippen LogP contribution in [0.25, 0.3) is 0 Å². The van der Waals surface area contributed by atoms with Gasteiger partial charge >= 0.3 is 0 Å². The second-order valence-electron chi connectivity index (χ2n) is 7.37. The standard InChI is InChI=1S/C18H22O3/c1-18-7-6-13-12-5-3-11(19)8-10(12)2-4-14(13)17(18)15(20)9-16(18)21/h3,5,8,13-15,17,19-20H,2,4,6-7,9H2,1H3/t13-,14-,15+,17-,18-/m1/s1. The number of fused-ring (bicyclic) bond motifs is 5. The lowest BCUT2D eigenvalue weighted by molar-refractivity contribution is -0.129. The Morgan fingerprint density at radius 3 is 2.90 bits per heavy atom. The molecule has 3 nitrogen and oxygen atoms in total. The Labute approximate surface area is 125 Å². The highest BCUT2D eigenvalue weighted by molar-refractivity contribution is 5.88. The molecule has 5 atom stereocenters. The molecule has 4 rings (SSSR count). The molecule has 2 fully saturated rings. The van der Waals surface area contributed by atoms with E-state index < -0.39 is 6.10 Å². The zero-order valence-electron chi connectivity index (χ0n) is 12.4. The predicted octanol–water partition coefficient (Wildman–Crippen LogP) is 2.79. The van der Waals surface area contributed by atoms with Crippen LogP contribution >= 0.6 is 0 Å². The summed E-state index contributed by atoms with van der Waals surface area (Å²) in [5.74, 6) is 1.56. The Kier molecular flexibility index (Phi) is 2.74. The van der Waals surface area contributed by atoms with Gasteiger partial charge in [0.1, 0.15) is 11.5 Å². The molecule has 0 unspecified atom stereocenters. The molecule has 1 aromatic rings. The molecule has 21 heavy (non-hydrogen) atoms. The molecule has 0 bridgehead atoms. The van der Waals surface area contributed by atoms with Crippen molar-refractivity contribution in [2.24, 2.45) is 17.3 Å². The molecule has 0 spiro atoms. The molecular formula is C18H22O3. The van der Waals surface area contributed by atoms with Crippen LogP contribution in [0, 0.1) is 17.3 Å². The third-order valence-corrected chi connectivity index (χ3v) is 6.41. The van der Waals surface area contributed by atoms with Crippen molar-refractivity contribution in [2.75, 3.05) is 0 Å². The number of aliphatic hydroxyl groups excluding tert-OH is 1. The van der Waals surface area contributed by atoms with Crippen LogP contribution in [-0.2, 0) is 11.2 Å². The molecule has 2 N–H and O–H groups in total. The molecule has 0 amide bonds. The van der Waals surface area contributed by atoms with E-state index in [1.165, 1.54) is 11.1 Å². The fourth-order valence-corrected chi connectivity index (χ4v) is 5.40. The molecule has 1 aromatic carbocycles. The van der Waals surface area contributed by atoms with Gasteiger partial charge in [-0.05, 0) is 60.8 Å². The number of phenolic OH excluding ortho intramolecular Hbond substituents is 1. The fraction of sp³-hybridized carbons (Fsp3) is 0.611. The normalized spacial score (nSPS) is 41.3. The first-order valence-corrected chi connectivity index (χ1v) is 8.04. The van der Waals surface area contributed by atoms with E-state index in [-0.39, 0.29) is 17.1 Å². The minimum Gasteiger partial charge on any atom is -0.508 e. The number of aryl methyl sites for hydroxylation is 1. The first-order valence-electron chi connectivity index (χ1n) is 8.04. The van der Waals surface area contributed by atoms with E-state index in [0.717, 1.165) is 25.7 Å². The van der Waals surface area contributed by atoms with E-state index in [0.29, 0.717) is 24.0 Å². The van der Waals surface area contributed by atoms with Crippen molar-refractivity contribution in [3.8, 4) is 5.75 Å². The highest BCUT2D eigenvalue weighted by Crippen LogP contribution is 2.59. The number of phenols is 1. The second kappa shape index (κ2) is 4.33. The Balaban J connectivity index is 1.75. The summed E-state index contributed by atoms with van der Waals surface area (Å²) in [6.07, 6.45) is 3.74. The van der Waals surface area contributed by atoms with Crippen LogP contribution in [0.4, 0.5) is 0 Å². The number of rotatable bonds is 0. The van der Waals surface area contributed by atoms with Gasteiger partial charge in [-0.2, -0.15) is 0 Å². The SMILES string of the molecule is C[C@]12CC[C@@H]3c4ccc(O)cc4CC[C@H]3[C@@H]1[C@@H](O)CC2=O. The predicted molar refractivity (Wildman–Crippen MR) is 79.1 cm³/mol. The van der Waals surface area contributed by atoms with Gasteiger partial charge in [0.05, 0.1) is 6.10 Å². The van der Waals surface area contributed by atoms with Crippen LogP contribution < -0.4 is 0 Å². The van der Waals surface area contributed by atoms with Crippen molar-refractivity contribution in [2.45, 2.75) is 51.0 Å². The third kappa shape index (κ3) is 1.73. The first kappa shape index (κ1) is 13.3. The summed E-state index contributed by atoms with van der Waals surface area (Å²) in [4.78, 5) is 12.3. The first-order chi connectivity index (χ1) is 10.0. The van der Waals surface area contributed by atoms with E-state index in [1.54, 1.807) is 6.07 Å². The largest absolute Gasteiger partial charge is 0.508 e. The number of ketones is 1. The van der Waals surface area contributed by atoms with Crippen molar-refractivity contribution in [3.63, 3.8) is 0 Å². The van der Waals surface area contributed by atoms with Gasteiger partial charge in [-0.15, -0.1) is 0 Å². The van der Waals surface area contributed by atoms with E-state index in [1.807, 2.05) is 12.1 Å². The van der Waals surface area contributed by atoms with Crippen LogP contribution in [0.3, 0.4) is 0 Å². The van der Waals surface area contributed by atoms with Crippen molar-refractivity contribution >= 4 is 5.78 Å². The summed E-state index contributed by atoms with van der Waals surface area (Å²) in [5, 5.41) is 20.1. The minimum absolute atomic E-state index is 0.116. The smallest absolute Gasteiger partial charge is 0.141 e. The van der Waals surface area contributed by atoms with E-state index in [2.05, 4.69) is 6.92 Å². The molecule has 0 radical (unpaired) electrons. The summed E-state index contributed by atoms with van der Waals surface area (Å²) in [6.45, 7) is 2.07. The molecule has 3 heteroatoms. The van der Waals surface area contributed by atoms with Crippen molar-refractivity contribution in [3.05, 3.63) is 29.3 Å². The maximum absolute atomic E-state index is 12.3. The highest BCUT2D eigenvalue weighted by Gasteiger charge is 2.58. The van der Waals surface area contributed by atoms with Gasteiger partial charge in [0.25, 0.3) is 0 Å². The zero-order chi connectivity index (χ0) is 14.8. The molecule has 0 aliphatic heterocycles. The number of hydrogen-bond donors (Lipinski definition) is 2. The Bertz CT molecular complexity index is 608. The zero-order valence-corrected chi connectivity index (χ0v) is 12.4. The van der Waals surface area contributed by atoms with Crippen LogP contribution in [0.1, 0.15) is 49.7 Å². The summed E-state index contributed by atoms with van der Waals surface area (Å²) < 4.78 is 0. The minimum atomic E-state index is -0.464. The summed E-state index contributed by atoms with van der Waals surface area (Å²) in [6, 6.07) is 5.70. The van der Waals surface area contributed by atoms with E-state index in [9.17, 15) is 15.0 Å². The number of carbonyl (C=O) groups excluding carboxylic acids is 1. The molecule has 3 aliphatic carbocycles. The number of aromatic hydroxyl groups is 1. The van der Waals surface area contributed by atoms with Gasteiger partial charge in [-0.1, -0.05) is 13.0 Å². The summed E-state index contributed by atoms with van der Waals surface area (Å²) in [7, 11) is 0. The van der Waals surface area contributed by atoms with E-state index in [4.69, 9.17) is 0 Å². The summed E-state index contributed by atoms with van der Waals surface area (Å²) in [5.41, 5.74) is 2.27. The van der Waals surface area contributed by atoms with Crippen molar-refractivity contribution < 1.29 is 15.0 Å². The number of carbonyl (C=O) groups is 1. The topological polar surface area (TPSA) is 57.5 Å². The Morgan fingerprint density at radius 2 is 2.10 bits per heavy atom. The molecule has 112 valence electrons. The molecule has 0 saturated heterocycles. The number of Topliss-reactive ketones (excluding diaryl/α,β-unsaturated/α-hetero) is 1. The quantitative estimate of drug-likeness (QED) is 0.771. The Hall–Kier alpha value is -1.35. The van der Waals surface area contributed by atoms with Crippen molar-refractivity contribution in [1.29, 1.82) is 0 Å².